The van der Waals surface area contributed by atoms with Crippen LogP contribution < -0.4 is 4.74 Å². The molecule has 0 bridgehead atoms. The van der Waals surface area contributed by atoms with E-state index in [4.69, 9.17) is 27.9 Å². The van der Waals surface area contributed by atoms with Gasteiger partial charge in [-0.1, -0.05) is 53.0 Å². The molecule has 3 rings (SSSR count). The Labute approximate surface area is 155 Å². The zero-order valence-electron chi connectivity index (χ0n) is 13.4. The number of ether oxygens (including phenoxy) is 1. The minimum absolute atomic E-state index is 0.0444. The molecule has 8 heteroatoms. The van der Waals surface area contributed by atoms with E-state index >= 15 is 0 Å². The van der Waals surface area contributed by atoms with Crippen LogP contribution >= 0.6 is 23.2 Å². The number of aromatic nitrogens is 4. The number of rotatable bonds is 6. The summed E-state index contributed by atoms with van der Waals surface area (Å²) in [6, 6.07) is 12.7. The Balaban J connectivity index is 1.58. The third-order valence-electron chi connectivity index (χ3n) is 3.46. The van der Waals surface area contributed by atoms with Crippen LogP contribution in [0, 0.1) is 6.92 Å². The Hall–Kier alpha value is -2.15. The van der Waals surface area contributed by atoms with Crippen molar-refractivity contribution in [2.45, 2.75) is 19.6 Å². The second kappa shape index (κ2) is 7.82. The summed E-state index contributed by atoms with van der Waals surface area (Å²) in [5.41, 5.74) is 2.03. The van der Waals surface area contributed by atoms with Gasteiger partial charge >= 0.3 is 0 Å². The van der Waals surface area contributed by atoms with Crippen LogP contribution in [-0.4, -0.2) is 38.0 Å². The summed E-state index contributed by atoms with van der Waals surface area (Å²) < 4.78 is 5.50. The van der Waals surface area contributed by atoms with Crippen molar-refractivity contribution < 1.29 is 9.84 Å². The summed E-state index contributed by atoms with van der Waals surface area (Å²) in [5, 5.41) is 23.2. The lowest BCUT2D eigenvalue weighted by atomic mass is 10.1. The SMILES string of the molecule is Cc1ccc(-c2nnn(C[C@H](O)COc3ccc(Cl)cc3Cl)n2)cc1. The predicted octanol–water partition coefficient (Wildman–Crippen LogP) is 3.40. The topological polar surface area (TPSA) is 73.1 Å². The molecule has 6 nitrogen and oxygen atoms in total. The van der Waals surface area contributed by atoms with Gasteiger partial charge in [0.05, 0.1) is 11.6 Å². The smallest absolute Gasteiger partial charge is 0.204 e. The van der Waals surface area contributed by atoms with Crippen molar-refractivity contribution in [3.63, 3.8) is 0 Å². The third-order valence-corrected chi connectivity index (χ3v) is 3.99. The fraction of sp³-hybridized carbons (Fsp3) is 0.235. The molecule has 1 atom stereocenters. The first-order valence-corrected chi connectivity index (χ1v) is 8.37. The first-order chi connectivity index (χ1) is 12.0. The molecule has 3 aromatic rings. The van der Waals surface area contributed by atoms with Crippen LogP contribution in [-0.2, 0) is 6.54 Å². The maximum absolute atomic E-state index is 10.1. The fourth-order valence-electron chi connectivity index (χ4n) is 2.16. The second-order valence-electron chi connectivity index (χ2n) is 5.57. The number of nitrogens with zero attached hydrogens (tertiary/aromatic N) is 4. The molecule has 2 aromatic carbocycles. The van der Waals surface area contributed by atoms with E-state index in [0.717, 1.165) is 11.1 Å². The number of aryl methyl sites for hydroxylation is 1. The first-order valence-electron chi connectivity index (χ1n) is 7.62. The minimum atomic E-state index is -0.813. The highest BCUT2D eigenvalue weighted by atomic mass is 35.5. The molecule has 25 heavy (non-hydrogen) atoms. The standard InChI is InChI=1S/C17H16Cl2N4O2/c1-11-2-4-12(5-3-11)17-20-22-23(21-17)9-14(24)10-25-16-7-6-13(18)8-15(16)19/h2-8,14,24H,9-10H2,1H3/t14-/m0/s1. The van der Waals surface area contributed by atoms with Crippen molar-refractivity contribution >= 4 is 23.2 Å². The van der Waals surface area contributed by atoms with E-state index in [9.17, 15) is 5.11 Å². The number of aliphatic hydroxyl groups is 1. The molecule has 0 spiro atoms. The van der Waals surface area contributed by atoms with E-state index in [-0.39, 0.29) is 13.2 Å². The van der Waals surface area contributed by atoms with E-state index in [0.29, 0.717) is 21.6 Å². The van der Waals surface area contributed by atoms with Crippen molar-refractivity contribution in [3.05, 3.63) is 58.1 Å². The quantitative estimate of drug-likeness (QED) is 0.711. The average Bonchev–Trinajstić information content (AvgIpc) is 3.03. The number of hydrogen-bond donors (Lipinski definition) is 1. The summed E-state index contributed by atoms with van der Waals surface area (Å²) in [5.74, 6) is 0.964. The molecule has 0 aliphatic carbocycles. The van der Waals surface area contributed by atoms with Crippen molar-refractivity contribution in [1.29, 1.82) is 0 Å². The van der Waals surface area contributed by atoms with Crippen LogP contribution in [0.15, 0.2) is 42.5 Å². The zero-order valence-corrected chi connectivity index (χ0v) is 14.9. The van der Waals surface area contributed by atoms with Gasteiger partial charge in [-0.25, -0.2) is 0 Å². The largest absolute Gasteiger partial charge is 0.489 e. The number of hydrogen-bond acceptors (Lipinski definition) is 5. The zero-order chi connectivity index (χ0) is 17.8. The molecule has 1 N–H and O–H groups in total. The maximum Gasteiger partial charge on any atom is 0.204 e. The van der Waals surface area contributed by atoms with Crippen molar-refractivity contribution in [3.8, 4) is 17.1 Å². The number of benzene rings is 2. The minimum Gasteiger partial charge on any atom is -0.489 e. The number of tetrazole rings is 1. The van der Waals surface area contributed by atoms with E-state index in [1.54, 1.807) is 18.2 Å². The lowest BCUT2D eigenvalue weighted by Crippen LogP contribution is -2.25. The Kier molecular flexibility index (Phi) is 5.53. The molecule has 1 heterocycles. The molecule has 0 radical (unpaired) electrons. The van der Waals surface area contributed by atoms with Crippen LogP contribution in [0.4, 0.5) is 0 Å². The summed E-state index contributed by atoms with van der Waals surface area (Å²) in [7, 11) is 0. The summed E-state index contributed by atoms with van der Waals surface area (Å²) >= 11 is 11.9. The lowest BCUT2D eigenvalue weighted by molar-refractivity contribution is 0.0850. The van der Waals surface area contributed by atoms with Gasteiger partial charge in [-0.3, -0.25) is 0 Å². The Morgan fingerprint density at radius 2 is 1.92 bits per heavy atom. The highest BCUT2D eigenvalue weighted by molar-refractivity contribution is 6.35. The summed E-state index contributed by atoms with van der Waals surface area (Å²) in [6.45, 7) is 2.21. The average molecular weight is 379 g/mol. The van der Waals surface area contributed by atoms with Crippen LogP contribution in [0.2, 0.25) is 10.0 Å². The highest BCUT2D eigenvalue weighted by Crippen LogP contribution is 2.27. The normalized spacial score (nSPS) is 12.2. The number of aliphatic hydroxyl groups excluding tert-OH is 1. The van der Waals surface area contributed by atoms with Gasteiger partial charge in [-0.15, -0.1) is 10.2 Å². The first kappa shape index (κ1) is 17.7. The van der Waals surface area contributed by atoms with Gasteiger partial charge < -0.3 is 9.84 Å². The molecule has 0 aliphatic heterocycles. The van der Waals surface area contributed by atoms with E-state index in [2.05, 4.69) is 15.4 Å². The molecule has 0 saturated heterocycles. The summed E-state index contributed by atoms with van der Waals surface area (Å²) in [6.07, 6.45) is -0.813. The molecular formula is C17H16Cl2N4O2. The molecular weight excluding hydrogens is 363 g/mol. The van der Waals surface area contributed by atoms with Gasteiger partial charge in [-0.05, 0) is 30.3 Å². The molecule has 1 aromatic heterocycles. The van der Waals surface area contributed by atoms with Crippen molar-refractivity contribution in [1.82, 2.24) is 20.2 Å². The summed E-state index contributed by atoms with van der Waals surface area (Å²) in [4.78, 5) is 1.34. The number of halogens is 2. The Morgan fingerprint density at radius 1 is 1.16 bits per heavy atom. The lowest BCUT2D eigenvalue weighted by Gasteiger charge is -2.12. The molecule has 0 fully saturated rings. The Bertz CT molecular complexity index is 852. The third kappa shape index (κ3) is 4.69. The van der Waals surface area contributed by atoms with Crippen LogP contribution in [0.5, 0.6) is 5.75 Å². The van der Waals surface area contributed by atoms with E-state index < -0.39 is 6.10 Å². The van der Waals surface area contributed by atoms with E-state index in [1.165, 1.54) is 4.80 Å². The monoisotopic (exact) mass is 378 g/mol. The second-order valence-corrected chi connectivity index (χ2v) is 6.42. The van der Waals surface area contributed by atoms with Crippen LogP contribution in [0.3, 0.4) is 0 Å². The highest BCUT2D eigenvalue weighted by Gasteiger charge is 2.12. The van der Waals surface area contributed by atoms with Crippen LogP contribution in [0.1, 0.15) is 5.56 Å². The molecule has 0 aliphatic rings. The van der Waals surface area contributed by atoms with Gasteiger partial charge in [0.15, 0.2) is 0 Å². The maximum atomic E-state index is 10.1. The Morgan fingerprint density at radius 3 is 2.64 bits per heavy atom. The predicted molar refractivity (Wildman–Crippen MR) is 96.0 cm³/mol. The van der Waals surface area contributed by atoms with Gasteiger partial charge in [-0.2, -0.15) is 4.80 Å². The molecule has 130 valence electrons. The van der Waals surface area contributed by atoms with Crippen LogP contribution in [0.25, 0.3) is 11.4 Å². The van der Waals surface area contributed by atoms with Gasteiger partial charge in [0, 0.05) is 10.6 Å². The van der Waals surface area contributed by atoms with Gasteiger partial charge in [0.1, 0.15) is 18.5 Å². The van der Waals surface area contributed by atoms with Gasteiger partial charge in [0.2, 0.25) is 5.82 Å². The van der Waals surface area contributed by atoms with Crippen molar-refractivity contribution in [2.75, 3.05) is 6.61 Å². The van der Waals surface area contributed by atoms with Gasteiger partial charge in [0.25, 0.3) is 0 Å². The van der Waals surface area contributed by atoms with Crippen molar-refractivity contribution in [2.24, 2.45) is 0 Å². The van der Waals surface area contributed by atoms with E-state index in [1.807, 2.05) is 31.2 Å². The fourth-order valence-corrected chi connectivity index (χ4v) is 2.62. The molecule has 0 unspecified atom stereocenters. The molecule has 0 amide bonds. The molecule has 0 saturated carbocycles.